The molecule has 92 valence electrons. The molecule has 0 saturated heterocycles. The second-order valence-electron chi connectivity index (χ2n) is 3.42. The standard InChI is InChI=1S/C11H6BrFN2O3/c12-6-3-5(1-2-7(6)13)8-4-9(10(16)17)15-11(18)14-8/h1-4H,(H,16,17)(H,14,15,18). The van der Waals surface area contributed by atoms with Crippen LogP contribution in [-0.4, -0.2) is 21.0 Å². The largest absolute Gasteiger partial charge is 0.477 e. The van der Waals surface area contributed by atoms with Gasteiger partial charge in [-0.05, 0) is 40.2 Å². The molecule has 0 bridgehead atoms. The van der Waals surface area contributed by atoms with Crippen LogP contribution < -0.4 is 5.69 Å². The summed E-state index contributed by atoms with van der Waals surface area (Å²) in [5.74, 6) is -1.72. The van der Waals surface area contributed by atoms with Crippen LogP contribution >= 0.6 is 15.9 Å². The molecule has 0 fully saturated rings. The number of benzene rings is 1. The van der Waals surface area contributed by atoms with Crippen LogP contribution in [0.4, 0.5) is 4.39 Å². The molecule has 1 heterocycles. The zero-order chi connectivity index (χ0) is 13.3. The van der Waals surface area contributed by atoms with Gasteiger partial charge in [-0.2, -0.15) is 4.98 Å². The van der Waals surface area contributed by atoms with E-state index in [4.69, 9.17) is 5.11 Å². The van der Waals surface area contributed by atoms with E-state index in [9.17, 15) is 14.0 Å². The monoisotopic (exact) mass is 312 g/mol. The maximum Gasteiger partial charge on any atom is 0.352 e. The summed E-state index contributed by atoms with van der Waals surface area (Å²) in [6.07, 6.45) is 0. The molecule has 2 rings (SSSR count). The first-order valence-electron chi connectivity index (χ1n) is 4.77. The van der Waals surface area contributed by atoms with Crippen molar-refractivity contribution in [1.29, 1.82) is 0 Å². The number of H-pyrrole nitrogens is 1. The SMILES string of the molecule is O=C(O)c1cc(-c2ccc(F)c(Br)c2)nc(=O)[nH]1. The number of carboxylic acids is 1. The van der Waals surface area contributed by atoms with Gasteiger partial charge in [0.25, 0.3) is 0 Å². The van der Waals surface area contributed by atoms with Crippen LogP contribution in [0.25, 0.3) is 11.3 Å². The van der Waals surface area contributed by atoms with Gasteiger partial charge in [0.1, 0.15) is 11.5 Å². The van der Waals surface area contributed by atoms with Gasteiger partial charge in [0.05, 0.1) is 10.2 Å². The summed E-state index contributed by atoms with van der Waals surface area (Å²) in [7, 11) is 0. The molecule has 0 radical (unpaired) electrons. The second-order valence-corrected chi connectivity index (χ2v) is 4.27. The lowest BCUT2D eigenvalue weighted by Gasteiger charge is -2.03. The molecule has 0 aliphatic rings. The molecule has 7 heteroatoms. The molecule has 0 atom stereocenters. The topological polar surface area (TPSA) is 83.0 Å². The quantitative estimate of drug-likeness (QED) is 0.889. The van der Waals surface area contributed by atoms with Crippen molar-refractivity contribution in [2.45, 2.75) is 0 Å². The van der Waals surface area contributed by atoms with Crippen molar-refractivity contribution in [3.8, 4) is 11.3 Å². The number of halogens is 2. The Morgan fingerprint density at radius 2 is 2.11 bits per heavy atom. The van der Waals surface area contributed by atoms with Crippen molar-refractivity contribution in [2.24, 2.45) is 0 Å². The zero-order valence-corrected chi connectivity index (χ0v) is 10.4. The van der Waals surface area contributed by atoms with Crippen molar-refractivity contribution >= 4 is 21.9 Å². The van der Waals surface area contributed by atoms with E-state index in [1.807, 2.05) is 0 Å². The number of carbonyl (C=O) groups is 1. The molecule has 0 saturated carbocycles. The Hall–Kier alpha value is -2.02. The number of nitrogens with zero attached hydrogens (tertiary/aromatic N) is 1. The normalized spacial score (nSPS) is 10.3. The van der Waals surface area contributed by atoms with Crippen LogP contribution in [0.15, 0.2) is 33.5 Å². The first kappa shape index (κ1) is 12.4. The third-order valence-corrected chi connectivity index (χ3v) is 2.80. The summed E-state index contributed by atoms with van der Waals surface area (Å²) in [6, 6.07) is 5.24. The van der Waals surface area contributed by atoms with Crippen LogP contribution in [-0.2, 0) is 0 Å². The van der Waals surface area contributed by atoms with Gasteiger partial charge in [-0.3, -0.25) is 4.98 Å². The Labute approximate surface area is 108 Å². The minimum absolute atomic E-state index is 0.164. The van der Waals surface area contributed by atoms with E-state index in [0.717, 1.165) is 0 Å². The summed E-state index contributed by atoms with van der Waals surface area (Å²) in [5, 5.41) is 8.81. The lowest BCUT2D eigenvalue weighted by Crippen LogP contribution is -2.16. The maximum absolute atomic E-state index is 13.1. The highest BCUT2D eigenvalue weighted by molar-refractivity contribution is 9.10. The molecule has 0 spiro atoms. The van der Waals surface area contributed by atoms with Crippen LogP contribution in [0, 0.1) is 5.82 Å². The Morgan fingerprint density at radius 1 is 1.39 bits per heavy atom. The number of aromatic carboxylic acids is 1. The highest BCUT2D eigenvalue weighted by atomic mass is 79.9. The van der Waals surface area contributed by atoms with Crippen molar-refractivity contribution in [1.82, 2.24) is 9.97 Å². The van der Waals surface area contributed by atoms with Crippen LogP contribution in [0.5, 0.6) is 0 Å². The van der Waals surface area contributed by atoms with E-state index in [1.165, 1.54) is 24.3 Å². The molecule has 0 amide bonds. The van der Waals surface area contributed by atoms with Gasteiger partial charge >= 0.3 is 11.7 Å². The summed E-state index contributed by atoms with van der Waals surface area (Å²) in [5.41, 5.74) is -0.440. The minimum Gasteiger partial charge on any atom is -0.477 e. The van der Waals surface area contributed by atoms with Gasteiger partial charge in [-0.15, -0.1) is 0 Å². The van der Waals surface area contributed by atoms with E-state index in [2.05, 4.69) is 25.9 Å². The predicted molar refractivity (Wildman–Crippen MR) is 64.9 cm³/mol. The van der Waals surface area contributed by atoms with E-state index >= 15 is 0 Å². The van der Waals surface area contributed by atoms with Crippen molar-refractivity contribution < 1.29 is 14.3 Å². The second kappa shape index (κ2) is 4.69. The molecule has 1 aromatic carbocycles. The number of nitrogens with one attached hydrogen (secondary N) is 1. The van der Waals surface area contributed by atoms with Gasteiger partial charge in [0.15, 0.2) is 0 Å². The third kappa shape index (κ3) is 2.45. The molecule has 18 heavy (non-hydrogen) atoms. The summed E-state index contributed by atoms with van der Waals surface area (Å²) >= 11 is 3.00. The van der Waals surface area contributed by atoms with Crippen molar-refractivity contribution in [2.75, 3.05) is 0 Å². The first-order chi connectivity index (χ1) is 8.47. The van der Waals surface area contributed by atoms with E-state index < -0.39 is 17.5 Å². The third-order valence-electron chi connectivity index (χ3n) is 2.19. The number of hydrogen-bond donors (Lipinski definition) is 2. The van der Waals surface area contributed by atoms with Crippen molar-refractivity contribution in [3.63, 3.8) is 0 Å². The number of aromatic nitrogens is 2. The van der Waals surface area contributed by atoms with Gasteiger partial charge in [-0.1, -0.05) is 0 Å². The summed E-state index contributed by atoms with van der Waals surface area (Å²) < 4.78 is 13.3. The van der Waals surface area contributed by atoms with E-state index in [0.29, 0.717) is 5.56 Å². The zero-order valence-electron chi connectivity index (χ0n) is 8.78. The van der Waals surface area contributed by atoms with Gasteiger partial charge in [0, 0.05) is 5.56 Å². The summed E-state index contributed by atoms with van der Waals surface area (Å²) in [6.45, 7) is 0. The Bertz CT molecular complexity index is 684. The fourth-order valence-electron chi connectivity index (χ4n) is 1.38. The molecule has 2 N–H and O–H groups in total. The Morgan fingerprint density at radius 3 is 2.72 bits per heavy atom. The smallest absolute Gasteiger partial charge is 0.352 e. The Kier molecular flexibility index (Phi) is 3.24. The molecular formula is C11H6BrFN2O3. The maximum atomic E-state index is 13.1. The lowest BCUT2D eigenvalue weighted by atomic mass is 10.1. The average molecular weight is 313 g/mol. The average Bonchev–Trinajstić information content (AvgIpc) is 2.31. The van der Waals surface area contributed by atoms with E-state index in [1.54, 1.807) is 0 Å². The highest BCUT2D eigenvalue weighted by Gasteiger charge is 2.10. The van der Waals surface area contributed by atoms with Crippen LogP contribution in [0.2, 0.25) is 0 Å². The van der Waals surface area contributed by atoms with Gasteiger partial charge in [-0.25, -0.2) is 14.0 Å². The highest BCUT2D eigenvalue weighted by Crippen LogP contribution is 2.23. The molecule has 2 aromatic rings. The minimum atomic E-state index is -1.27. The molecule has 0 aliphatic heterocycles. The lowest BCUT2D eigenvalue weighted by molar-refractivity contribution is 0.0690. The van der Waals surface area contributed by atoms with Crippen LogP contribution in [0.1, 0.15) is 10.5 Å². The summed E-state index contributed by atoms with van der Waals surface area (Å²) in [4.78, 5) is 27.7. The molecule has 0 unspecified atom stereocenters. The fourth-order valence-corrected chi connectivity index (χ4v) is 1.75. The molecular weight excluding hydrogens is 307 g/mol. The van der Waals surface area contributed by atoms with Gasteiger partial charge in [0.2, 0.25) is 0 Å². The molecule has 0 aliphatic carbocycles. The number of carboxylic acid groups (broad SMARTS) is 1. The van der Waals surface area contributed by atoms with Crippen LogP contribution in [0.3, 0.4) is 0 Å². The predicted octanol–water partition coefficient (Wildman–Crippen LogP) is 2.04. The van der Waals surface area contributed by atoms with E-state index in [-0.39, 0.29) is 15.9 Å². The first-order valence-corrected chi connectivity index (χ1v) is 5.57. The molecule has 1 aromatic heterocycles. The Balaban J connectivity index is 2.60. The van der Waals surface area contributed by atoms with Gasteiger partial charge < -0.3 is 5.11 Å². The number of aromatic amines is 1. The van der Waals surface area contributed by atoms with Crippen molar-refractivity contribution in [3.05, 3.63) is 50.7 Å². The fraction of sp³-hybridized carbons (Fsp3) is 0. The number of rotatable bonds is 2. The molecule has 5 nitrogen and oxygen atoms in total. The number of hydrogen-bond acceptors (Lipinski definition) is 3.